The van der Waals surface area contributed by atoms with E-state index < -0.39 is 21.8 Å². The van der Waals surface area contributed by atoms with Crippen LogP contribution in [0.25, 0.3) is 11.0 Å². The van der Waals surface area contributed by atoms with Gasteiger partial charge in [-0.2, -0.15) is 13.2 Å². The van der Waals surface area contributed by atoms with Gasteiger partial charge in [0.05, 0.1) is 33.6 Å². The van der Waals surface area contributed by atoms with Gasteiger partial charge in [0.25, 0.3) is 0 Å². The molecule has 5 rings (SSSR count). The number of imidazole rings is 1. The van der Waals surface area contributed by atoms with Crippen LogP contribution in [0, 0.1) is 12.8 Å². The smallest absolute Gasteiger partial charge is 0.344 e. The minimum absolute atomic E-state index is 0.0323. The summed E-state index contributed by atoms with van der Waals surface area (Å²) in [5.74, 6) is 0.367. The monoisotopic (exact) mass is 583 g/mol. The second kappa shape index (κ2) is 9.97. The molecule has 210 valence electrons. The number of nitrogens with one attached hydrogen (secondary N) is 2. The zero-order valence-electron chi connectivity index (χ0n) is 21.6. The highest BCUT2D eigenvalue weighted by molar-refractivity contribution is 7.92. The van der Waals surface area contributed by atoms with E-state index in [-0.39, 0.29) is 41.1 Å². The first-order valence-electron chi connectivity index (χ1n) is 12.6. The van der Waals surface area contributed by atoms with Crippen molar-refractivity contribution in [3.05, 3.63) is 57.9 Å². The molecule has 0 spiro atoms. The lowest BCUT2D eigenvalue weighted by molar-refractivity contribution is -0.137. The quantitative estimate of drug-likeness (QED) is 0.450. The Morgan fingerprint density at radius 3 is 2.67 bits per heavy atom. The standard InChI is InChI=1S/C26H29ClF3N5O3S/c1-4-39(37,38)33-21-10-16(18-13-34(3)25(36)23-17(18)7-8-31-23)11-22-24(21)32-14(2)35(22)12-15-5-6-20(27)19(9-15)26(28,29)30/h5-6,9-11,17-18,23,31,33H,4,7-8,12-13H2,1-3H3. The number of rotatable bonds is 6. The van der Waals surface area contributed by atoms with Gasteiger partial charge in [-0.1, -0.05) is 17.7 Å². The lowest BCUT2D eigenvalue weighted by atomic mass is 9.77. The molecule has 2 aromatic carbocycles. The predicted octanol–water partition coefficient (Wildman–Crippen LogP) is 4.36. The van der Waals surface area contributed by atoms with Crippen molar-refractivity contribution in [1.82, 2.24) is 19.8 Å². The van der Waals surface area contributed by atoms with Crippen LogP contribution in [-0.2, 0) is 27.5 Å². The van der Waals surface area contributed by atoms with E-state index in [9.17, 15) is 26.4 Å². The Kier molecular flexibility index (Phi) is 7.09. The maximum absolute atomic E-state index is 13.5. The second-order valence-corrected chi connectivity index (χ2v) is 12.6. The van der Waals surface area contributed by atoms with Gasteiger partial charge in [-0.15, -0.1) is 0 Å². The Labute approximate surface area is 229 Å². The van der Waals surface area contributed by atoms with Gasteiger partial charge in [0, 0.05) is 26.1 Å². The summed E-state index contributed by atoms with van der Waals surface area (Å²) in [4.78, 5) is 19.0. The number of piperidine rings is 1. The summed E-state index contributed by atoms with van der Waals surface area (Å²) >= 11 is 5.82. The van der Waals surface area contributed by atoms with Gasteiger partial charge in [0.2, 0.25) is 15.9 Å². The molecule has 2 aliphatic heterocycles. The van der Waals surface area contributed by atoms with Crippen LogP contribution in [-0.4, -0.2) is 60.7 Å². The SMILES string of the molecule is CCS(=O)(=O)Nc1cc(C2CN(C)C(=O)C3NCCC32)cc2c1nc(C)n2Cc1ccc(Cl)c(C(F)(F)F)c1. The number of carbonyl (C=O) groups excluding carboxylic acids is 1. The molecule has 2 N–H and O–H groups in total. The third kappa shape index (κ3) is 5.21. The Hall–Kier alpha value is -2.83. The molecule has 39 heavy (non-hydrogen) atoms. The normalized spacial score (nSPS) is 22.0. The molecule has 0 bridgehead atoms. The number of anilines is 1. The number of fused-ring (bicyclic) bond motifs is 2. The molecule has 3 unspecified atom stereocenters. The zero-order valence-corrected chi connectivity index (χ0v) is 23.2. The van der Waals surface area contributed by atoms with E-state index in [4.69, 9.17) is 11.6 Å². The molecule has 2 saturated heterocycles. The van der Waals surface area contributed by atoms with E-state index in [0.29, 0.717) is 41.2 Å². The number of aryl methyl sites for hydroxylation is 1. The maximum Gasteiger partial charge on any atom is 0.417 e. The number of hydrogen-bond donors (Lipinski definition) is 2. The number of carbonyl (C=O) groups is 1. The summed E-state index contributed by atoms with van der Waals surface area (Å²) in [6.45, 7) is 4.50. The van der Waals surface area contributed by atoms with Gasteiger partial charge in [-0.25, -0.2) is 13.4 Å². The van der Waals surface area contributed by atoms with Gasteiger partial charge in [0.1, 0.15) is 11.3 Å². The van der Waals surface area contributed by atoms with Crippen LogP contribution in [0.1, 0.15) is 41.8 Å². The molecule has 0 radical (unpaired) electrons. The van der Waals surface area contributed by atoms with Crippen LogP contribution in [0.4, 0.5) is 18.9 Å². The fraction of sp³-hybridized carbons (Fsp3) is 0.462. The molecule has 3 heterocycles. The van der Waals surface area contributed by atoms with Crippen molar-refractivity contribution in [3.8, 4) is 0 Å². The summed E-state index contributed by atoms with van der Waals surface area (Å²) in [6.07, 6.45) is -3.81. The van der Waals surface area contributed by atoms with Crippen molar-refractivity contribution >= 4 is 44.3 Å². The maximum atomic E-state index is 13.5. The number of likely N-dealkylation sites (tertiary alicyclic amines) is 1. The number of alkyl halides is 3. The number of amides is 1. The molecule has 0 aliphatic carbocycles. The van der Waals surface area contributed by atoms with Crippen LogP contribution >= 0.6 is 11.6 Å². The van der Waals surface area contributed by atoms with Gasteiger partial charge in [0.15, 0.2) is 0 Å². The number of likely N-dealkylation sites (N-methyl/N-ethyl adjacent to an activating group) is 1. The Balaban J connectivity index is 1.65. The van der Waals surface area contributed by atoms with Crippen LogP contribution in [0.15, 0.2) is 30.3 Å². The van der Waals surface area contributed by atoms with Gasteiger partial charge in [-0.3, -0.25) is 9.52 Å². The molecule has 8 nitrogen and oxygen atoms in total. The first kappa shape index (κ1) is 27.7. The topological polar surface area (TPSA) is 96.3 Å². The van der Waals surface area contributed by atoms with Gasteiger partial charge < -0.3 is 14.8 Å². The summed E-state index contributed by atoms with van der Waals surface area (Å²) in [6, 6.07) is 7.16. The fourth-order valence-corrected chi connectivity index (χ4v) is 6.56. The largest absolute Gasteiger partial charge is 0.417 e. The lowest BCUT2D eigenvalue weighted by Gasteiger charge is -2.38. The first-order valence-corrected chi connectivity index (χ1v) is 14.7. The molecule has 3 atom stereocenters. The highest BCUT2D eigenvalue weighted by Crippen LogP contribution is 2.41. The average Bonchev–Trinajstić information content (AvgIpc) is 3.47. The number of benzene rings is 2. The van der Waals surface area contributed by atoms with Crippen molar-refractivity contribution in [3.63, 3.8) is 0 Å². The molecule has 0 saturated carbocycles. The second-order valence-electron chi connectivity index (χ2n) is 10.2. The Morgan fingerprint density at radius 1 is 1.23 bits per heavy atom. The number of nitrogens with zero attached hydrogens (tertiary/aromatic N) is 3. The minimum atomic E-state index is -4.60. The van der Waals surface area contributed by atoms with Crippen LogP contribution in [0.3, 0.4) is 0 Å². The minimum Gasteiger partial charge on any atom is -0.344 e. The number of halogens is 4. The van der Waals surface area contributed by atoms with Crippen LogP contribution in [0.2, 0.25) is 5.02 Å². The summed E-state index contributed by atoms with van der Waals surface area (Å²) in [5.41, 5.74) is 1.58. The van der Waals surface area contributed by atoms with Crippen molar-refractivity contribution < 1.29 is 26.4 Å². The van der Waals surface area contributed by atoms with E-state index in [2.05, 4.69) is 15.0 Å². The van der Waals surface area contributed by atoms with Crippen LogP contribution in [0.5, 0.6) is 0 Å². The van der Waals surface area contributed by atoms with E-state index in [1.54, 1.807) is 29.5 Å². The van der Waals surface area contributed by atoms with E-state index in [1.165, 1.54) is 19.1 Å². The van der Waals surface area contributed by atoms with E-state index in [0.717, 1.165) is 18.1 Å². The molecular formula is C26H29ClF3N5O3S. The molecule has 1 aromatic heterocycles. The highest BCUT2D eigenvalue weighted by Gasteiger charge is 2.44. The average molecular weight is 584 g/mol. The molecule has 2 aliphatic rings. The molecule has 1 amide bonds. The fourth-order valence-electron chi connectivity index (χ4n) is 5.70. The molecule has 3 aromatic rings. The van der Waals surface area contributed by atoms with Gasteiger partial charge >= 0.3 is 6.18 Å². The Morgan fingerprint density at radius 2 is 1.97 bits per heavy atom. The van der Waals surface area contributed by atoms with Crippen LogP contribution < -0.4 is 10.0 Å². The van der Waals surface area contributed by atoms with Crippen molar-refractivity contribution in [2.24, 2.45) is 5.92 Å². The summed E-state index contributed by atoms with van der Waals surface area (Å²) < 4.78 is 70.1. The summed E-state index contributed by atoms with van der Waals surface area (Å²) in [7, 11) is -1.91. The summed E-state index contributed by atoms with van der Waals surface area (Å²) in [5, 5.41) is 2.90. The van der Waals surface area contributed by atoms with Crippen molar-refractivity contribution in [1.29, 1.82) is 0 Å². The predicted molar refractivity (Wildman–Crippen MR) is 143 cm³/mol. The van der Waals surface area contributed by atoms with E-state index in [1.807, 2.05) is 6.07 Å². The molecule has 2 fully saturated rings. The lowest BCUT2D eigenvalue weighted by Crippen LogP contribution is -2.52. The molecule has 13 heteroatoms. The Bertz CT molecular complexity index is 1560. The highest BCUT2D eigenvalue weighted by atomic mass is 35.5. The molecular weight excluding hydrogens is 555 g/mol. The number of sulfonamides is 1. The van der Waals surface area contributed by atoms with Crippen molar-refractivity contribution in [2.75, 3.05) is 30.6 Å². The zero-order chi connectivity index (χ0) is 28.3. The van der Waals surface area contributed by atoms with Crippen molar-refractivity contribution in [2.45, 2.75) is 44.9 Å². The number of aromatic nitrogens is 2. The third-order valence-corrected chi connectivity index (χ3v) is 9.34. The van der Waals surface area contributed by atoms with Gasteiger partial charge in [-0.05, 0) is 68.1 Å². The third-order valence-electron chi connectivity index (χ3n) is 7.72. The van der Waals surface area contributed by atoms with E-state index >= 15 is 0 Å². The first-order chi connectivity index (χ1) is 18.3. The number of hydrogen-bond acceptors (Lipinski definition) is 5.